The van der Waals surface area contributed by atoms with Gasteiger partial charge in [-0.2, -0.15) is 0 Å². The molecule has 2 aliphatic rings. The van der Waals surface area contributed by atoms with Crippen LogP contribution in [-0.2, 0) is 4.74 Å². The molecule has 2 fully saturated rings. The molecule has 0 amide bonds. The van der Waals surface area contributed by atoms with Crippen LogP contribution in [0.3, 0.4) is 0 Å². The average molecular weight is 544 g/mol. The molecule has 0 bridgehead atoms. The highest BCUT2D eigenvalue weighted by Gasteiger charge is 2.42. The van der Waals surface area contributed by atoms with Gasteiger partial charge in [-0.1, -0.05) is 23.7 Å². The molecule has 38 heavy (non-hydrogen) atoms. The molecule has 0 radical (unpaired) electrons. The number of aromatic nitrogens is 2. The number of benzene rings is 2. The molecule has 0 unspecified atom stereocenters. The molecule has 8 heteroatoms. The standard InChI is InChI=1S/C30H30ClN5OS/c1-20-18-26(21(2)35(20)25-7-5-6-22(31)19-25)29-28(27-8-3-4-13-32-27)33-30(38)36(29)24-11-9-23(10-12-24)34-14-16-37-17-15-34/h3-13,18-19,28-29H,14-17H2,1-2H3,(H,33,38)/t28-,29-/m0/s1. The Labute approximate surface area is 233 Å². The zero-order valence-corrected chi connectivity index (χ0v) is 23.0. The van der Waals surface area contributed by atoms with E-state index in [0.717, 1.165) is 54.8 Å². The number of thiocarbonyl (C=S) groups is 1. The van der Waals surface area contributed by atoms with Gasteiger partial charge in [0.15, 0.2) is 5.11 Å². The number of rotatable bonds is 5. The molecule has 2 aliphatic heterocycles. The Bertz CT molecular complexity index is 1450. The van der Waals surface area contributed by atoms with Crippen LogP contribution >= 0.6 is 23.8 Å². The van der Waals surface area contributed by atoms with Crippen molar-refractivity contribution in [2.45, 2.75) is 25.9 Å². The fourth-order valence-electron chi connectivity index (χ4n) is 5.69. The third kappa shape index (κ3) is 4.55. The number of nitrogens with one attached hydrogen (secondary N) is 1. The molecular weight excluding hydrogens is 514 g/mol. The van der Waals surface area contributed by atoms with Crippen LogP contribution in [0.15, 0.2) is 79.0 Å². The fourth-order valence-corrected chi connectivity index (χ4v) is 6.22. The van der Waals surface area contributed by atoms with Crippen molar-refractivity contribution >= 4 is 40.3 Å². The monoisotopic (exact) mass is 543 g/mol. The summed E-state index contributed by atoms with van der Waals surface area (Å²) in [5, 5.41) is 5.00. The molecule has 4 aromatic rings. The molecule has 6 nitrogen and oxygen atoms in total. The minimum Gasteiger partial charge on any atom is -0.378 e. The quantitative estimate of drug-likeness (QED) is 0.304. The lowest BCUT2D eigenvalue weighted by Gasteiger charge is -2.31. The summed E-state index contributed by atoms with van der Waals surface area (Å²) in [6.45, 7) is 7.64. The van der Waals surface area contributed by atoms with Gasteiger partial charge in [-0.3, -0.25) is 4.98 Å². The Morgan fingerprint density at radius 3 is 2.39 bits per heavy atom. The van der Waals surface area contributed by atoms with E-state index in [-0.39, 0.29) is 12.1 Å². The Morgan fingerprint density at radius 2 is 1.68 bits per heavy atom. The molecule has 0 aliphatic carbocycles. The van der Waals surface area contributed by atoms with Crippen molar-refractivity contribution in [2.24, 2.45) is 0 Å². The van der Waals surface area contributed by atoms with E-state index < -0.39 is 0 Å². The van der Waals surface area contributed by atoms with Crippen molar-refractivity contribution in [1.82, 2.24) is 14.9 Å². The first-order valence-electron chi connectivity index (χ1n) is 12.9. The van der Waals surface area contributed by atoms with Crippen LogP contribution in [-0.4, -0.2) is 41.0 Å². The number of hydrogen-bond acceptors (Lipinski definition) is 4. The van der Waals surface area contributed by atoms with Crippen molar-refractivity contribution in [2.75, 3.05) is 36.1 Å². The number of ether oxygens (including phenoxy) is 1. The number of morpholine rings is 1. The van der Waals surface area contributed by atoms with Gasteiger partial charge in [0.2, 0.25) is 0 Å². The van der Waals surface area contributed by atoms with Gasteiger partial charge in [-0.15, -0.1) is 0 Å². The molecule has 2 atom stereocenters. The van der Waals surface area contributed by atoms with Gasteiger partial charge in [-0.25, -0.2) is 0 Å². The van der Waals surface area contributed by atoms with Crippen LogP contribution in [0, 0.1) is 13.8 Å². The summed E-state index contributed by atoms with van der Waals surface area (Å²) in [6.07, 6.45) is 1.84. The van der Waals surface area contributed by atoms with Crippen molar-refractivity contribution in [3.05, 3.63) is 107 Å². The molecule has 2 aromatic carbocycles. The van der Waals surface area contributed by atoms with E-state index in [1.54, 1.807) is 0 Å². The van der Waals surface area contributed by atoms with Gasteiger partial charge in [0.1, 0.15) is 0 Å². The van der Waals surface area contributed by atoms with Gasteiger partial charge in [-0.05, 0) is 92.3 Å². The van der Waals surface area contributed by atoms with Crippen molar-refractivity contribution in [1.29, 1.82) is 0 Å². The van der Waals surface area contributed by atoms with Crippen LogP contribution in [0.1, 0.15) is 34.7 Å². The fraction of sp³-hybridized carbons (Fsp3) is 0.267. The minimum absolute atomic E-state index is 0.0780. The summed E-state index contributed by atoms with van der Waals surface area (Å²) in [5.74, 6) is 0. The molecule has 1 N–H and O–H groups in total. The Morgan fingerprint density at radius 1 is 0.921 bits per heavy atom. The molecular formula is C30H30ClN5OS. The zero-order chi connectivity index (χ0) is 26.2. The van der Waals surface area contributed by atoms with E-state index in [0.29, 0.717) is 10.1 Å². The average Bonchev–Trinajstić information content (AvgIpc) is 3.44. The normalized spacial score (nSPS) is 19.6. The van der Waals surface area contributed by atoms with Crippen LogP contribution in [0.4, 0.5) is 11.4 Å². The molecule has 6 rings (SSSR count). The molecule has 194 valence electrons. The van der Waals surface area contributed by atoms with Crippen molar-refractivity contribution in [3.63, 3.8) is 0 Å². The highest BCUT2D eigenvalue weighted by atomic mass is 35.5. The lowest BCUT2D eigenvalue weighted by molar-refractivity contribution is 0.122. The number of halogens is 1. The summed E-state index contributed by atoms with van der Waals surface area (Å²) in [4.78, 5) is 9.31. The summed E-state index contributed by atoms with van der Waals surface area (Å²) < 4.78 is 7.79. The van der Waals surface area contributed by atoms with Crippen molar-refractivity contribution in [3.8, 4) is 5.69 Å². The third-order valence-corrected chi connectivity index (χ3v) is 8.01. The van der Waals surface area contributed by atoms with Gasteiger partial charge < -0.3 is 24.4 Å². The second-order valence-corrected chi connectivity index (χ2v) is 10.6. The van der Waals surface area contributed by atoms with E-state index >= 15 is 0 Å². The number of nitrogens with zero attached hydrogens (tertiary/aromatic N) is 4. The summed E-state index contributed by atoms with van der Waals surface area (Å²) >= 11 is 12.3. The SMILES string of the molecule is Cc1cc([C@H]2[C@H](c3ccccn3)NC(=S)N2c2ccc(N3CCOCC3)cc2)c(C)n1-c1cccc(Cl)c1. The predicted molar refractivity (Wildman–Crippen MR) is 158 cm³/mol. The van der Waals surface area contributed by atoms with E-state index in [9.17, 15) is 0 Å². The van der Waals surface area contributed by atoms with Crippen LogP contribution in [0.2, 0.25) is 5.02 Å². The van der Waals surface area contributed by atoms with E-state index in [1.807, 2.05) is 36.5 Å². The highest BCUT2D eigenvalue weighted by molar-refractivity contribution is 7.80. The highest BCUT2D eigenvalue weighted by Crippen LogP contribution is 2.44. The minimum atomic E-state index is -0.101. The first kappa shape index (κ1) is 24.9. The number of aryl methyl sites for hydroxylation is 1. The summed E-state index contributed by atoms with van der Waals surface area (Å²) in [5.41, 5.74) is 7.74. The van der Waals surface area contributed by atoms with Gasteiger partial charge in [0.25, 0.3) is 0 Å². The first-order chi connectivity index (χ1) is 18.5. The molecule has 2 saturated heterocycles. The van der Waals surface area contributed by atoms with Gasteiger partial charge in [0.05, 0.1) is 31.0 Å². The molecule has 0 saturated carbocycles. The maximum Gasteiger partial charge on any atom is 0.174 e. The number of pyridine rings is 1. The van der Waals surface area contributed by atoms with Gasteiger partial charge >= 0.3 is 0 Å². The lowest BCUT2D eigenvalue weighted by atomic mass is 9.96. The largest absolute Gasteiger partial charge is 0.378 e. The first-order valence-corrected chi connectivity index (χ1v) is 13.7. The van der Waals surface area contributed by atoms with Gasteiger partial charge in [0, 0.05) is 52.8 Å². The summed E-state index contributed by atoms with van der Waals surface area (Å²) in [6, 6.07) is 24.8. The molecule has 2 aromatic heterocycles. The molecule has 4 heterocycles. The van der Waals surface area contributed by atoms with E-state index in [4.69, 9.17) is 33.5 Å². The topological polar surface area (TPSA) is 45.6 Å². The predicted octanol–water partition coefficient (Wildman–Crippen LogP) is 6.16. The van der Waals surface area contributed by atoms with Crippen molar-refractivity contribution < 1.29 is 4.74 Å². The second-order valence-electron chi connectivity index (χ2n) is 9.75. The van der Waals surface area contributed by atoms with E-state index in [1.165, 1.54) is 11.3 Å². The van der Waals surface area contributed by atoms with E-state index in [2.05, 4.69) is 76.0 Å². The lowest BCUT2D eigenvalue weighted by Crippen LogP contribution is -2.36. The third-order valence-electron chi connectivity index (χ3n) is 7.46. The zero-order valence-electron chi connectivity index (χ0n) is 21.5. The maximum atomic E-state index is 6.36. The van der Waals surface area contributed by atoms with Crippen LogP contribution in [0.25, 0.3) is 5.69 Å². The summed E-state index contributed by atoms with van der Waals surface area (Å²) in [7, 11) is 0. The smallest absolute Gasteiger partial charge is 0.174 e. The Hall–Kier alpha value is -3.39. The second kappa shape index (κ2) is 10.4. The Kier molecular flexibility index (Phi) is 6.82. The number of anilines is 2. The molecule has 0 spiro atoms. The van der Waals surface area contributed by atoms with Crippen LogP contribution < -0.4 is 15.1 Å². The number of hydrogen-bond donors (Lipinski definition) is 1. The Balaban J connectivity index is 1.43. The van der Waals surface area contributed by atoms with Crippen LogP contribution in [0.5, 0.6) is 0 Å². The maximum absolute atomic E-state index is 6.36.